The molecular formula is C13H8F3NO2. The van der Waals surface area contributed by atoms with E-state index >= 15 is 0 Å². The van der Waals surface area contributed by atoms with Crippen LogP contribution < -0.4 is 0 Å². The second-order valence-corrected chi connectivity index (χ2v) is 3.80. The van der Waals surface area contributed by atoms with E-state index in [1.54, 1.807) is 12.1 Å². The molecule has 0 aliphatic rings. The van der Waals surface area contributed by atoms with E-state index in [4.69, 9.17) is 5.11 Å². The van der Waals surface area contributed by atoms with Crippen molar-refractivity contribution >= 4 is 22.4 Å². The third-order valence-electron chi connectivity index (χ3n) is 2.49. The molecule has 1 aromatic carbocycles. The van der Waals surface area contributed by atoms with Gasteiger partial charge in [-0.15, -0.1) is 0 Å². The highest BCUT2D eigenvalue weighted by Gasteiger charge is 2.35. The lowest BCUT2D eigenvalue weighted by Crippen LogP contribution is -2.12. The summed E-state index contributed by atoms with van der Waals surface area (Å²) in [5.41, 5.74) is -0.843. The Morgan fingerprint density at radius 2 is 2.00 bits per heavy atom. The van der Waals surface area contributed by atoms with Crippen molar-refractivity contribution in [3.05, 3.63) is 48.2 Å². The molecule has 0 atom stereocenters. The third kappa shape index (κ3) is 2.90. The maximum atomic E-state index is 12.8. The summed E-state index contributed by atoms with van der Waals surface area (Å²) >= 11 is 0. The Labute approximate surface area is 106 Å². The van der Waals surface area contributed by atoms with Gasteiger partial charge in [0.15, 0.2) is 0 Å². The van der Waals surface area contributed by atoms with Crippen molar-refractivity contribution in [3.63, 3.8) is 0 Å². The maximum Gasteiger partial charge on any atom is 0.417 e. The number of carboxylic acids is 1. The molecule has 2 rings (SSSR count). The molecule has 98 valence electrons. The molecule has 1 N–H and O–H groups in total. The number of aliphatic carboxylic acids is 1. The van der Waals surface area contributed by atoms with Gasteiger partial charge in [0, 0.05) is 17.7 Å². The number of allylic oxidation sites excluding steroid dienone is 1. The number of carboxylic acid groups (broad SMARTS) is 1. The molecule has 0 spiro atoms. The Hall–Kier alpha value is -2.37. The second kappa shape index (κ2) is 4.72. The summed E-state index contributed by atoms with van der Waals surface area (Å²) in [6, 6.07) is 7.11. The SMILES string of the molecule is O=C(O)/C=C(\c1ccc2ncccc2c1)C(F)(F)F. The number of pyridine rings is 1. The Morgan fingerprint density at radius 3 is 2.63 bits per heavy atom. The van der Waals surface area contributed by atoms with Crippen LogP contribution in [0.25, 0.3) is 16.5 Å². The van der Waals surface area contributed by atoms with Crippen LogP contribution in [0.3, 0.4) is 0 Å². The number of hydrogen-bond acceptors (Lipinski definition) is 2. The topological polar surface area (TPSA) is 50.2 Å². The minimum atomic E-state index is -4.73. The molecule has 0 unspecified atom stereocenters. The quantitative estimate of drug-likeness (QED) is 0.849. The third-order valence-corrected chi connectivity index (χ3v) is 2.49. The molecule has 0 amide bonds. The largest absolute Gasteiger partial charge is 0.478 e. The van der Waals surface area contributed by atoms with E-state index in [1.807, 2.05) is 0 Å². The molecule has 1 heterocycles. The first-order valence-corrected chi connectivity index (χ1v) is 5.25. The number of halogens is 3. The lowest BCUT2D eigenvalue weighted by molar-refractivity contribution is -0.131. The van der Waals surface area contributed by atoms with Crippen molar-refractivity contribution < 1.29 is 23.1 Å². The van der Waals surface area contributed by atoms with Gasteiger partial charge < -0.3 is 5.11 Å². The van der Waals surface area contributed by atoms with E-state index in [0.29, 0.717) is 10.9 Å². The minimum absolute atomic E-state index is 0.164. The van der Waals surface area contributed by atoms with Crippen LogP contribution in [0.4, 0.5) is 13.2 Å². The number of carbonyl (C=O) groups is 1. The molecule has 6 heteroatoms. The van der Waals surface area contributed by atoms with E-state index in [2.05, 4.69) is 4.98 Å². The summed E-state index contributed by atoms with van der Waals surface area (Å²) in [7, 11) is 0. The highest BCUT2D eigenvalue weighted by Crippen LogP contribution is 2.34. The molecule has 3 nitrogen and oxygen atoms in total. The fraction of sp³-hybridized carbons (Fsp3) is 0.0769. The van der Waals surface area contributed by atoms with Crippen LogP contribution in [-0.2, 0) is 4.79 Å². The van der Waals surface area contributed by atoms with Gasteiger partial charge >= 0.3 is 12.1 Å². The normalized spacial score (nSPS) is 12.7. The zero-order valence-electron chi connectivity index (χ0n) is 9.48. The van der Waals surface area contributed by atoms with E-state index in [0.717, 1.165) is 0 Å². The van der Waals surface area contributed by atoms with Crippen molar-refractivity contribution in [2.24, 2.45) is 0 Å². The van der Waals surface area contributed by atoms with E-state index in [1.165, 1.54) is 24.4 Å². The molecule has 0 aliphatic heterocycles. The summed E-state index contributed by atoms with van der Waals surface area (Å²) in [4.78, 5) is 14.5. The first-order valence-electron chi connectivity index (χ1n) is 5.25. The zero-order valence-corrected chi connectivity index (χ0v) is 9.48. The van der Waals surface area contributed by atoms with Gasteiger partial charge in [0.2, 0.25) is 0 Å². The number of alkyl halides is 3. The van der Waals surface area contributed by atoms with Crippen LogP contribution in [-0.4, -0.2) is 22.2 Å². The van der Waals surface area contributed by atoms with Crippen molar-refractivity contribution in [1.29, 1.82) is 0 Å². The van der Waals surface area contributed by atoms with Crippen molar-refractivity contribution in [2.45, 2.75) is 6.18 Å². The first kappa shape index (κ1) is 13.1. The number of benzene rings is 1. The van der Waals surface area contributed by atoms with Crippen LogP contribution in [0.2, 0.25) is 0 Å². The van der Waals surface area contributed by atoms with Gasteiger partial charge in [-0.25, -0.2) is 4.79 Å². The fourth-order valence-electron chi connectivity index (χ4n) is 1.70. The number of rotatable bonds is 2. The van der Waals surface area contributed by atoms with Crippen LogP contribution in [0.15, 0.2) is 42.6 Å². The van der Waals surface area contributed by atoms with E-state index in [-0.39, 0.29) is 11.6 Å². The number of nitrogens with zero attached hydrogens (tertiary/aromatic N) is 1. The molecule has 0 bridgehead atoms. The molecular weight excluding hydrogens is 259 g/mol. The predicted octanol–water partition coefficient (Wildman–Crippen LogP) is 3.27. The summed E-state index contributed by atoms with van der Waals surface area (Å²) in [6.07, 6.45) is -3.04. The van der Waals surface area contributed by atoms with Gasteiger partial charge in [-0.1, -0.05) is 12.1 Å². The van der Waals surface area contributed by atoms with Gasteiger partial charge in [-0.3, -0.25) is 4.98 Å². The Kier molecular flexibility index (Phi) is 3.25. The summed E-state index contributed by atoms with van der Waals surface area (Å²) in [5, 5.41) is 9.05. The zero-order chi connectivity index (χ0) is 14.0. The van der Waals surface area contributed by atoms with Gasteiger partial charge in [0.1, 0.15) is 0 Å². The summed E-state index contributed by atoms with van der Waals surface area (Å²) in [5.74, 6) is -1.64. The number of hydrogen-bond donors (Lipinski definition) is 1. The Morgan fingerprint density at radius 1 is 1.26 bits per heavy atom. The molecule has 0 saturated heterocycles. The van der Waals surface area contributed by atoms with Crippen LogP contribution >= 0.6 is 0 Å². The Bertz CT molecular complexity index is 662. The maximum absolute atomic E-state index is 12.8. The van der Waals surface area contributed by atoms with E-state index < -0.39 is 17.7 Å². The van der Waals surface area contributed by atoms with Gasteiger partial charge in [-0.05, 0) is 23.8 Å². The highest BCUT2D eigenvalue weighted by molar-refractivity contribution is 5.93. The predicted molar refractivity (Wildman–Crippen MR) is 63.4 cm³/mol. The molecule has 0 radical (unpaired) electrons. The van der Waals surface area contributed by atoms with Gasteiger partial charge in [0.25, 0.3) is 0 Å². The summed E-state index contributed by atoms with van der Waals surface area (Å²) < 4.78 is 38.5. The monoisotopic (exact) mass is 267 g/mol. The molecule has 2 aromatic rings. The highest BCUT2D eigenvalue weighted by atomic mass is 19.4. The average Bonchev–Trinajstić information content (AvgIpc) is 2.34. The number of aromatic nitrogens is 1. The molecule has 1 aromatic heterocycles. The van der Waals surface area contributed by atoms with Crippen LogP contribution in [0.1, 0.15) is 5.56 Å². The second-order valence-electron chi connectivity index (χ2n) is 3.80. The molecule has 0 saturated carbocycles. The van der Waals surface area contributed by atoms with E-state index in [9.17, 15) is 18.0 Å². The van der Waals surface area contributed by atoms with Crippen LogP contribution in [0.5, 0.6) is 0 Å². The lowest BCUT2D eigenvalue weighted by atomic mass is 10.0. The van der Waals surface area contributed by atoms with Gasteiger partial charge in [-0.2, -0.15) is 13.2 Å². The fourth-order valence-corrected chi connectivity index (χ4v) is 1.70. The average molecular weight is 267 g/mol. The van der Waals surface area contributed by atoms with Gasteiger partial charge in [0.05, 0.1) is 11.1 Å². The number of fused-ring (bicyclic) bond motifs is 1. The lowest BCUT2D eigenvalue weighted by Gasteiger charge is -2.11. The molecule has 19 heavy (non-hydrogen) atoms. The molecule has 0 fully saturated rings. The van der Waals surface area contributed by atoms with Crippen molar-refractivity contribution in [2.75, 3.05) is 0 Å². The summed E-state index contributed by atoms with van der Waals surface area (Å²) in [6.45, 7) is 0. The standard InChI is InChI=1S/C13H8F3NO2/c14-13(15,16)10(7-12(18)19)8-3-4-11-9(6-8)2-1-5-17-11/h1-7H,(H,18,19)/b10-7+. The minimum Gasteiger partial charge on any atom is -0.478 e. The Balaban J connectivity index is 2.60. The van der Waals surface area contributed by atoms with Crippen molar-refractivity contribution in [3.8, 4) is 0 Å². The first-order chi connectivity index (χ1) is 8.88. The van der Waals surface area contributed by atoms with Crippen molar-refractivity contribution in [1.82, 2.24) is 4.98 Å². The smallest absolute Gasteiger partial charge is 0.417 e. The molecule has 0 aliphatic carbocycles. The van der Waals surface area contributed by atoms with Crippen LogP contribution in [0, 0.1) is 0 Å².